The van der Waals surface area contributed by atoms with Crippen molar-refractivity contribution >= 4 is 12.6 Å². The number of hydrogen-bond acceptors (Lipinski definition) is 2. The van der Waals surface area contributed by atoms with Crippen molar-refractivity contribution in [3.63, 3.8) is 0 Å². The Hall–Kier alpha value is -1.73. The van der Waals surface area contributed by atoms with Crippen molar-refractivity contribution < 1.29 is 22.5 Å². The molecule has 7 heteroatoms. The van der Waals surface area contributed by atoms with Crippen molar-refractivity contribution in [3.8, 4) is 0 Å². The van der Waals surface area contributed by atoms with E-state index in [-0.39, 0.29) is 12.1 Å². The minimum absolute atomic E-state index is 0.135. The van der Waals surface area contributed by atoms with Crippen LogP contribution in [0.25, 0.3) is 0 Å². The molecule has 0 spiro atoms. The number of halogens is 3. The Kier molecular flexibility index (Phi) is 4.52. The summed E-state index contributed by atoms with van der Waals surface area (Å²) in [5.74, 6) is 0. The highest BCUT2D eigenvalue weighted by atomic mass is 19.4. The molecule has 0 atom stereocenters. The first-order chi connectivity index (χ1) is 11.9. The summed E-state index contributed by atoms with van der Waals surface area (Å²) in [6, 6.07) is 9.08. The van der Waals surface area contributed by atoms with Crippen molar-refractivity contribution in [2.45, 2.75) is 58.5 Å². The molecule has 3 rings (SSSR count). The zero-order chi connectivity index (χ0) is 19.3. The number of aromatic nitrogens is 1. The van der Waals surface area contributed by atoms with Crippen molar-refractivity contribution in [3.05, 3.63) is 53.3 Å². The van der Waals surface area contributed by atoms with Gasteiger partial charge in [0.25, 0.3) is 0 Å². The smallest absolute Gasteiger partial charge is 0.399 e. The van der Waals surface area contributed by atoms with Crippen LogP contribution >= 0.6 is 0 Å². The van der Waals surface area contributed by atoms with Crippen molar-refractivity contribution in [1.29, 1.82) is 0 Å². The van der Waals surface area contributed by atoms with Gasteiger partial charge in [0.1, 0.15) is 5.69 Å². The van der Waals surface area contributed by atoms with E-state index in [2.05, 4.69) is 0 Å². The van der Waals surface area contributed by atoms with Crippen LogP contribution in [0.3, 0.4) is 0 Å². The lowest BCUT2D eigenvalue weighted by molar-refractivity contribution is -0.143. The first kappa shape index (κ1) is 19.0. The minimum Gasteiger partial charge on any atom is -0.399 e. The number of alkyl halides is 3. The summed E-state index contributed by atoms with van der Waals surface area (Å²) in [5, 5.41) is 0. The molecule has 0 N–H and O–H groups in total. The van der Waals surface area contributed by atoms with Crippen LogP contribution in [-0.4, -0.2) is 22.9 Å². The molecule has 0 amide bonds. The highest BCUT2D eigenvalue weighted by molar-refractivity contribution is 6.62. The van der Waals surface area contributed by atoms with Gasteiger partial charge in [0.15, 0.2) is 0 Å². The maximum atomic E-state index is 13.7. The monoisotopic (exact) mass is 365 g/mol. The second kappa shape index (κ2) is 6.17. The maximum Gasteiger partial charge on any atom is 0.496 e. The Bertz CT molecular complexity index is 781. The third kappa shape index (κ3) is 3.30. The first-order valence-electron chi connectivity index (χ1n) is 8.59. The molecule has 0 saturated carbocycles. The second-order valence-corrected chi connectivity index (χ2v) is 7.76. The molecule has 26 heavy (non-hydrogen) atoms. The molecule has 140 valence electrons. The van der Waals surface area contributed by atoms with Gasteiger partial charge in [0, 0.05) is 18.2 Å². The van der Waals surface area contributed by atoms with Crippen LogP contribution in [0.4, 0.5) is 13.2 Å². The standard InChI is InChI=1S/C19H23BF3NO2/c1-13-15(20-25-17(2,3)18(4,5)26-20)12-24(16(13)19(21,22)23)11-14-9-7-6-8-10-14/h6-10,12H,11H2,1-5H3. The van der Waals surface area contributed by atoms with Crippen LogP contribution in [0.15, 0.2) is 36.5 Å². The molecule has 0 radical (unpaired) electrons. The summed E-state index contributed by atoms with van der Waals surface area (Å²) >= 11 is 0. The van der Waals surface area contributed by atoms with Gasteiger partial charge in [-0.1, -0.05) is 30.3 Å². The normalized spacial score (nSPS) is 19.2. The van der Waals surface area contributed by atoms with Gasteiger partial charge < -0.3 is 13.9 Å². The van der Waals surface area contributed by atoms with E-state index in [0.29, 0.717) is 5.46 Å². The average Bonchev–Trinajstić information content (AvgIpc) is 2.93. The minimum atomic E-state index is -4.46. The molecule has 1 fully saturated rings. The predicted molar refractivity (Wildman–Crippen MR) is 95.4 cm³/mol. The molecule has 1 aliphatic rings. The fourth-order valence-electron chi connectivity index (χ4n) is 3.17. The van der Waals surface area contributed by atoms with Crippen molar-refractivity contribution in [2.75, 3.05) is 0 Å². The Morgan fingerprint density at radius 1 is 1.00 bits per heavy atom. The van der Waals surface area contributed by atoms with E-state index in [0.717, 1.165) is 5.56 Å². The van der Waals surface area contributed by atoms with Gasteiger partial charge in [-0.3, -0.25) is 0 Å². The van der Waals surface area contributed by atoms with Gasteiger partial charge in [0.05, 0.1) is 11.2 Å². The summed E-state index contributed by atoms with van der Waals surface area (Å²) in [4.78, 5) is 0. The predicted octanol–water partition coefficient (Wildman–Crippen LogP) is 4.16. The third-order valence-electron chi connectivity index (χ3n) is 5.34. The van der Waals surface area contributed by atoms with Gasteiger partial charge in [-0.15, -0.1) is 0 Å². The second-order valence-electron chi connectivity index (χ2n) is 7.76. The van der Waals surface area contributed by atoms with Gasteiger partial charge in [0.2, 0.25) is 0 Å². The molecule has 1 saturated heterocycles. The van der Waals surface area contributed by atoms with Crippen molar-refractivity contribution in [1.82, 2.24) is 4.57 Å². The molecule has 1 aromatic carbocycles. The van der Waals surface area contributed by atoms with Gasteiger partial charge in [-0.05, 0) is 45.7 Å². The molecule has 0 aliphatic carbocycles. The Morgan fingerprint density at radius 2 is 1.54 bits per heavy atom. The molecule has 1 aliphatic heterocycles. The van der Waals surface area contributed by atoms with Gasteiger partial charge in [-0.25, -0.2) is 0 Å². The highest BCUT2D eigenvalue weighted by Gasteiger charge is 2.53. The summed E-state index contributed by atoms with van der Waals surface area (Å²) in [6.07, 6.45) is -2.95. The zero-order valence-corrected chi connectivity index (χ0v) is 15.6. The van der Waals surface area contributed by atoms with Gasteiger partial charge in [-0.2, -0.15) is 13.2 Å². The lowest BCUT2D eigenvalue weighted by Gasteiger charge is -2.32. The number of rotatable bonds is 3. The molecule has 1 aromatic heterocycles. The molecule has 3 nitrogen and oxygen atoms in total. The number of benzene rings is 1. The van der Waals surface area contributed by atoms with Crippen LogP contribution in [0.1, 0.15) is 44.5 Å². The number of hydrogen-bond donors (Lipinski definition) is 0. The maximum absolute atomic E-state index is 13.7. The summed E-state index contributed by atoms with van der Waals surface area (Å²) in [6.45, 7) is 9.14. The van der Waals surface area contributed by atoms with Crippen LogP contribution in [0, 0.1) is 6.92 Å². The van der Waals surface area contributed by atoms with E-state index in [4.69, 9.17) is 9.31 Å². The van der Waals surface area contributed by atoms with E-state index >= 15 is 0 Å². The summed E-state index contributed by atoms with van der Waals surface area (Å²) in [5.41, 5.74) is -0.507. The van der Waals surface area contributed by atoms with E-state index in [1.165, 1.54) is 17.7 Å². The third-order valence-corrected chi connectivity index (χ3v) is 5.34. The molecule has 0 unspecified atom stereocenters. The largest absolute Gasteiger partial charge is 0.496 e. The fourth-order valence-corrected chi connectivity index (χ4v) is 3.17. The molecular weight excluding hydrogens is 342 g/mol. The highest BCUT2D eigenvalue weighted by Crippen LogP contribution is 2.38. The quantitative estimate of drug-likeness (QED) is 0.763. The molecule has 2 heterocycles. The Labute approximate surface area is 152 Å². The van der Waals surface area contributed by atoms with Crippen LogP contribution < -0.4 is 5.46 Å². The SMILES string of the molecule is Cc1c(B2OC(C)(C)C(C)(C)O2)cn(Cc2ccccc2)c1C(F)(F)F. The lowest BCUT2D eigenvalue weighted by atomic mass is 9.78. The van der Waals surface area contributed by atoms with E-state index in [1.807, 2.05) is 58.0 Å². The first-order valence-corrected chi connectivity index (χ1v) is 8.59. The topological polar surface area (TPSA) is 23.4 Å². The van der Waals surface area contributed by atoms with Crippen LogP contribution in [0.5, 0.6) is 0 Å². The van der Waals surface area contributed by atoms with Crippen LogP contribution in [-0.2, 0) is 22.0 Å². The molecule has 0 bridgehead atoms. The van der Waals surface area contributed by atoms with E-state index < -0.39 is 30.2 Å². The molecular formula is C19H23BF3NO2. The lowest BCUT2D eigenvalue weighted by Crippen LogP contribution is -2.41. The summed E-state index contributed by atoms with van der Waals surface area (Å²) < 4.78 is 54.3. The molecule has 2 aromatic rings. The van der Waals surface area contributed by atoms with E-state index in [1.54, 1.807) is 0 Å². The van der Waals surface area contributed by atoms with Gasteiger partial charge >= 0.3 is 13.3 Å². The average molecular weight is 365 g/mol. The Morgan fingerprint density at radius 3 is 2.04 bits per heavy atom. The fraction of sp³-hybridized carbons (Fsp3) is 0.474. The Balaban J connectivity index is 2.03. The van der Waals surface area contributed by atoms with Crippen LogP contribution in [0.2, 0.25) is 0 Å². The zero-order valence-electron chi connectivity index (χ0n) is 15.6. The number of nitrogens with zero attached hydrogens (tertiary/aromatic N) is 1. The van der Waals surface area contributed by atoms with Crippen molar-refractivity contribution in [2.24, 2.45) is 0 Å². The summed E-state index contributed by atoms with van der Waals surface area (Å²) in [7, 11) is -0.821. The van der Waals surface area contributed by atoms with E-state index in [9.17, 15) is 13.2 Å².